The first-order valence-electron chi connectivity index (χ1n) is 17.7. The van der Waals surface area contributed by atoms with E-state index in [0.29, 0.717) is 0 Å². The Hall–Kier alpha value is -6.03. The van der Waals surface area contributed by atoms with E-state index in [0.717, 1.165) is 17.2 Å². The summed E-state index contributed by atoms with van der Waals surface area (Å²) in [6.45, 7) is 7.19. The fourth-order valence-electron chi connectivity index (χ4n) is 7.63. The minimum Gasteiger partial charge on any atom is -0.295 e. The average Bonchev–Trinajstić information content (AvgIpc) is 3.17. The summed E-state index contributed by atoms with van der Waals surface area (Å²) in [6, 6.07) is 62.3. The molecule has 0 radical (unpaired) electrons. The topological polar surface area (TPSA) is 16.1 Å². The van der Waals surface area contributed by atoms with Crippen molar-refractivity contribution in [1.29, 1.82) is 0 Å². The van der Waals surface area contributed by atoms with E-state index in [1.54, 1.807) is 0 Å². The molecule has 0 spiro atoms. The number of rotatable bonds is 6. The molecule has 0 aliphatic heterocycles. The Balaban J connectivity index is 1.36. The summed E-state index contributed by atoms with van der Waals surface area (Å²) in [7, 11) is -1.47. The van der Waals surface area contributed by atoms with Crippen LogP contribution in [-0.2, 0) is 0 Å². The molecule has 9 rings (SSSR count). The van der Waals surface area contributed by atoms with Gasteiger partial charge in [-0.25, -0.2) is 4.98 Å². The van der Waals surface area contributed by atoms with Gasteiger partial charge in [-0.2, -0.15) is 0 Å². The molecule has 244 valence electrons. The zero-order valence-electron chi connectivity index (χ0n) is 29.1. The molecule has 9 aromatic rings. The van der Waals surface area contributed by atoms with Crippen molar-refractivity contribution in [2.75, 3.05) is 4.90 Å². The molecule has 3 heteroatoms. The number of hydrogen-bond acceptors (Lipinski definition) is 2. The fourth-order valence-corrected chi connectivity index (χ4v) is 8.79. The van der Waals surface area contributed by atoms with Crippen molar-refractivity contribution in [1.82, 2.24) is 4.98 Å². The van der Waals surface area contributed by atoms with Gasteiger partial charge in [0.25, 0.3) is 0 Å². The van der Waals surface area contributed by atoms with Gasteiger partial charge in [0.15, 0.2) is 0 Å². The summed E-state index contributed by atoms with van der Waals surface area (Å²) in [6.07, 6.45) is 1.88. The molecule has 0 atom stereocenters. The van der Waals surface area contributed by atoms with Crippen LogP contribution in [0.2, 0.25) is 19.6 Å². The van der Waals surface area contributed by atoms with Crippen LogP contribution in [0.3, 0.4) is 0 Å². The maximum absolute atomic E-state index is 4.88. The van der Waals surface area contributed by atoms with Gasteiger partial charge >= 0.3 is 0 Å². The first-order valence-corrected chi connectivity index (χ1v) is 21.2. The molecule has 0 amide bonds. The number of anilines is 3. The predicted octanol–water partition coefficient (Wildman–Crippen LogP) is 13.0. The molecule has 0 saturated heterocycles. The minimum absolute atomic E-state index is 0.889. The quantitative estimate of drug-likeness (QED) is 0.129. The highest BCUT2D eigenvalue weighted by Gasteiger charge is 2.22. The first-order chi connectivity index (χ1) is 24.9. The largest absolute Gasteiger partial charge is 0.295 e. The van der Waals surface area contributed by atoms with E-state index in [1.807, 2.05) is 12.3 Å². The molecule has 1 aromatic heterocycles. The molecule has 1 heterocycles. The lowest BCUT2D eigenvalue weighted by molar-refractivity contribution is 1.18. The third-order valence-electron chi connectivity index (χ3n) is 10.2. The Labute approximate surface area is 300 Å². The second kappa shape index (κ2) is 12.4. The molecule has 0 aliphatic carbocycles. The number of benzene rings is 8. The lowest BCUT2D eigenvalue weighted by atomic mass is 9.85. The van der Waals surface area contributed by atoms with E-state index in [9.17, 15) is 0 Å². The van der Waals surface area contributed by atoms with Gasteiger partial charge in [-0.15, -0.1) is 0 Å². The summed E-state index contributed by atoms with van der Waals surface area (Å²) < 4.78 is 0. The monoisotopic (exact) mass is 670 g/mol. The van der Waals surface area contributed by atoms with E-state index in [1.165, 1.54) is 70.5 Å². The van der Waals surface area contributed by atoms with Crippen LogP contribution >= 0.6 is 0 Å². The Morgan fingerprint density at radius 2 is 0.922 bits per heavy atom. The molecule has 0 saturated carbocycles. The van der Waals surface area contributed by atoms with Gasteiger partial charge in [0, 0.05) is 17.6 Å². The van der Waals surface area contributed by atoms with Crippen LogP contribution in [0.25, 0.3) is 65.3 Å². The number of fused-ring (bicyclic) bond motifs is 4. The van der Waals surface area contributed by atoms with Crippen LogP contribution in [0.4, 0.5) is 17.2 Å². The number of pyridine rings is 1. The van der Waals surface area contributed by atoms with E-state index in [2.05, 4.69) is 188 Å². The second-order valence-electron chi connectivity index (χ2n) is 14.5. The van der Waals surface area contributed by atoms with Gasteiger partial charge in [-0.3, -0.25) is 4.90 Å². The minimum atomic E-state index is -1.47. The third kappa shape index (κ3) is 5.56. The molecule has 2 nitrogen and oxygen atoms in total. The van der Waals surface area contributed by atoms with Crippen molar-refractivity contribution < 1.29 is 0 Å². The standard InChI is InChI=1S/C48H38N2Si/c1-51(2,3)41-26-23-39(24-27-41)50(46-18-10-11-29-49-46)40-25-28-44-45(32-40)48(38-22-20-34-13-5-7-15-36(34)31-38)43-17-9-8-16-42(43)47(44)37-21-19-33-12-4-6-14-35(33)30-37/h4-32H,1-3H3. The first kappa shape index (κ1) is 31.0. The molecule has 0 unspecified atom stereocenters. The van der Waals surface area contributed by atoms with E-state index in [-0.39, 0.29) is 0 Å². The molecular weight excluding hydrogens is 633 g/mol. The van der Waals surface area contributed by atoms with Crippen molar-refractivity contribution in [3.05, 3.63) is 176 Å². The van der Waals surface area contributed by atoms with Crippen molar-refractivity contribution in [3.8, 4) is 22.3 Å². The highest BCUT2D eigenvalue weighted by Crippen LogP contribution is 2.46. The van der Waals surface area contributed by atoms with Crippen LogP contribution in [0, 0.1) is 0 Å². The maximum Gasteiger partial charge on any atom is 0.137 e. The number of aromatic nitrogens is 1. The SMILES string of the molecule is C[Si](C)(C)c1ccc(N(c2ccc3c(-c4ccc5ccccc5c4)c4ccccc4c(-c4ccc5ccccc5c4)c3c2)c2ccccn2)cc1. The average molecular weight is 671 g/mol. The van der Waals surface area contributed by atoms with Gasteiger partial charge < -0.3 is 0 Å². The highest BCUT2D eigenvalue weighted by molar-refractivity contribution is 6.88. The molecular formula is C48H38N2Si. The van der Waals surface area contributed by atoms with Crippen molar-refractivity contribution in [2.24, 2.45) is 0 Å². The van der Waals surface area contributed by atoms with Crippen molar-refractivity contribution >= 4 is 73.5 Å². The van der Waals surface area contributed by atoms with Crippen LogP contribution in [0.1, 0.15) is 0 Å². The van der Waals surface area contributed by atoms with E-state index in [4.69, 9.17) is 4.98 Å². The van der Waals surface area contributed by atoms with Crippen LogP contribution in [-0.4, -0.2) is 13.1 Å². The van der Waals surface area contributed by atoms with Gasteiger partial charge in [-0.1, -0.05) is 146 Å². The molecule has 51 heavy (non-hydrogen) atoms. The molecule has 8 aromatic carbocycles. The van der Waals surface area contributed by atoms with Gasteiger partial charge in [0.1, 0.15) is 5.82 Å². The van der Waals surface area contributed by atoms with Crippen LogP contribution < -0.4 is 10.1 Å². The summed E-state index contributed by atoms with van der Waals surface area (Å²) in [4.78, 5) is 7.17. The Morgan fingerprint density at radius 1 is 0.412 bits per heavy atom. The Morgan fingerprint density at radius 3 is 1.49 bits per heavy atom. The Kier molecular flexibility index (Phi) is 7.52. The molecule has 0 N–H and O–H groups in total. The lowest BCUT2D eigenvalue weighted by Gasteiger charge is -2.27. The smallest absolute Gasteiger partial charge is 0.137 e. The van der Waals surface area contributed by atoms with Gasteiger partial charge in [0.2, 0.25) is 0 Å². The van der Waals surface area contributed by atoms with E-state index < -0.39 is 8.07 Å². The van der Waals surface area contributed by atoms with E-state index >= 15 is 0 Å². The van der Waals surface area contributed by atoms with Crippen molar-refractivity contribution in [2.45, 2.75) is 19.6 Å². The van der Waals surface area contributed by atoms with Crippen molar-refractivity contribution in [3.63, 3.8) is 0 Å². The highest BCUT2D eigenvalue weighted by atomic mass is 28.3. The number of hydrogen-bond donors (Lipinski definition) is 0. The summed E-state index contributed by atoms with van der Waals surface area (Å²) in [5, 5.41) is 11.3. The molecule has 0 aliphatic rings. The third-order valence-corrected chi connectivity index (χ3v) is 12.3. The van der Waals surface area contributed by atoms with Crippen LogP contribution in [0.5, 0.6) is 0 Å². The molecule has 0 bridgehead atoms. The second-order valence-corrected chi connectivity index (χ2v) is 19.5. The van der Waals surface area contributed by atoms with Crippen LogP contribution in [0.15, 0.2) is 176 Å². The Bertz CT molecular complexity index is 2730. The zero-order chi connectivity index (χ0) is 34.5. The zero-order valence-corrected chi connectivity index (χ0v) is 30.1. The normalized spacial score (nSPS) is 11.8. The number of nitrogens with zero attached hydrogens (tertiary/aromatic N) is 2. The predicted molar refractivity (Wildman–Crippen MR) is 223 cm³/mol. The maximum atomic E-state index is 4.88. The van der Waals surface area contributed by atoms with Gasteiger partial charge in [0.05, 0.1) is 8.07 Å². The lowest BCUT2D eigenvalue weighted by Crippen LogP contribution is -2.37. The summed E-state index contributed by atoms with van der Waals surface area (Å²) in [5.41, 5.74) is 7.10. The molecule has 0 fully saturated rings. The summed E-state index contributed by atoms with van der Waals surface area (Å²) in [5.74, 6) is 0.889. The fraction of sp³-hybridized carbons (Fsp3) is 0.0625. The van der Waals surface area contributed by atoms with Gasteiger partial charge in [-0.05, 0) is 114 Å². The summed E-state index contributed by atoms with van der Waals surface area (Å²) >= 11 is 0.